The minimum absolute atomic E-state index is 0.888. The first-order valence-corrected chi connectivity index (χ1v) is 5.10. The summed E-state index contributed by atoms with van der Waals surface area (Å²) in [6, 6.07) is 0. The lowest BCUT2D eigenvalue weighted by atomic mass is 11.4. The van der Waals surface area contributed by atoms with Crippen molar-refractivity contribution < 1.29 is 13.0 Å². The molecule has 72 valence electrons. The largest absolute Gasteiger partial charge is 0.287 e. The smallest absolute Gasteiger partial charge is 0.284 e. The van der Waals surface area contributed by atoms with Crippen molar-refractivity contribution in [2.24, 2.45) is 10.3 Å². The van der Waals surface area contributed by atoms with Crippen LogP contribution < -0.4 is 5.43 Å². The van der Waals surface area contributed by atoms with E-state index in [4.69, 9.17) is 39.4 Å². The lowest BCUT2D eigenvalue weighted by Crippen LogP contribution is -2.21. The average molecular weight is 256 g/mol. The molecule has 0 saturated heterocycles. The number of rotatable bonds is 3. The molecule has 0 aliphatic rings. The topological polar surface area (TPSA) is 91.1 Å². The highest BCUT2D eigenvalue weighted by atomic mass is 35.6. The van der Waals surface area contributed by atoms with Gasteiger partial charge in [-0.15, -0.1) is 0 Å². The lowest BCUT2D eigenvalue weighted by molar-refractivity contribution is 0.481. The molecule has 0 aromatic carbocycles. The molecular weight excluding hydrogens is 252 g/mol. The van der Waals surface area contributed by atoms with Crippen molar-refractivity contribution in [3.05, 3.63) is 0 Å². The van der Waals surface area contributed by atoms with E-state index in [2.05, 4.69) is 10.3 Å². The molecule has 12 heavy (non-hydrogen) atoms. The van der Waals surface area contributed by atoms with Gasteiger partial charge in [-0.3, -0.25) is 4.55 Å². The summed E-state index contributed by atoms with van der Waals surface area (Å²) >= 11 is 15.4. The van der Waals surface area contributed by atoms with E-state index in [9.17, 15) is 8.42 Å². The number of alkyl halides is 3. The van der Waals surface area contributed by atoms with Crippen molar-refractivity contribution in [2.75, 3.05) is 5.88 Å². The van der Waals surface area contributed by atoms with Crippen LogP contribution in [0, 0.1) is 0 Å². The average Bonchev–Trinajstić information content (AvgIpc) is 1.76. The van der Waals surface area contributed by atoms with Crippen LogP contribution in [-0.4, -0.2) is 22.8 Å². The summed E-state index contributed by atoms with van der Waals surface area (Å²) in [7, 11) is -4.17. The second kappa shape index (κ2) is 4.43. The molecule has 0 bridgehead atoms. The third kappa shape index (κ3) is 10.2. The normalized spacial score (nSPS) is 13.7. The molecule has 0 radical (unpaired) electrons. The highest BCUT2D eigenvalue weighted by Gasteiger charge is 2.17. The summed E-state index contributed by atoms with van der Waals surface area (Å²) in [5.41, 5.74) is 1.87. The van der Waals surface area contributed by atoms with Crippen LogP contribution in [0.4, 0.5) is 0 Å². The first kappa shape index (κ1) is 12.2. The molecule has 0 saturated carbocycles. The van der Waals surface area contributed by atoms with Crippen LogP contribution in [0.2, 0.25) is 0 Å². The molecule has 0 amide bonds. The van der Waals surface area contributed by atoms with Gasteiger partial charge in [-0.2, -0.15) is 13.5 Å². The summed E-state index contributed by atoms with van der Waals surface area (Å²) in [5, 5.41) is 5.92. The van der Waals surface area contributed by atoms with E-state index in [1.807, 2.05) is 5.43 Å². The lowest BCUT2D eigenvalue weighted by Gasteiger charge is -2.06. The monoisotopic (exact) mass is 255 g/mol. The predicted molar refractivity (Wildman–Crippen MR) is 44.7 cm³/mol. The predicted octanol–water partition coefficient (Wildman–Crippen LogP) is 1.12. The van der Waals surface area contributed by atoms with Crippen LogP contribution in [0.5, 0.6) is 0 Å². The van der Waals surface area contributed by atoms with Crippen molar-refractivity contribution in [1.29, 1.82) is 0 Å². The molecule has 10 heteroatoms. The molecule has 0 aromatic rings. The minimum atomic E-state index is -4.17. The SMILES string of the molecule is O=S(=O)(O)CN=NNC(Cl)(Cl)Cl. The van der Waals surface area contributed by atoms with Gasteiger partial charge in [0.15, 0.2) is 5.88 Å². The second-order valence-electron chi connectivity index (χ2n) is 1.56. The van der Waals surface area contributed by atoms with Gasteiger partial charge in [0.25, 0.3) is 14.0 Å². The van der Waals surface area contributed by atoms with E-state index in [1.54, 1.807) is 0 Å². The van der Waals surface area contributed by atoms with Crippen molar-refractivity contribution in [3.8, 4) is 0 Å². The molecular formula is C2H4Cl3N3O3S. The number of hydrogen-bond donors (Lipinski definition) is 2. The van der Waals surface area contributed by atoms with Gasteiger partial charge in [0, 0.05) is 0 Å². The van der Waals surface area contributed by atoms with Gasteiger partial charge in [-0.25, -0.2) is 5.43 Å². The van der Waals surface area contributed by atoms with Crippen molar-refractivity contribution >= 4 is 44.9 Å². The van der Waals surface area contributed by atoms with Crippen molar-refractivity contribution in [2.45, 2.75) is 3.92 Å². The minimum Gasteiger partial charge on any atom is -0.284 e. The van der Waals surface area contributed by atoms with E-state index in [0.717, 1.165) is 0 Å². The molecule has 0 atom stereocenters. The highest BCUT2D eigenvalue weighted by Crippen LogP contribution is 2.21. The molecule has 0 heterocycles. The van der Waals surface area contributed by atoms with Gasteiger partial charge >= 0.3 is 0 Å². The summed E-state index contributed by atoms with van der Waals surface area (Å²) in [6.45, 7) is 0. The zero-order valence-electron chi connectivity index (χ0n) is 5.41. The van der Waals surface area contributed by atoms with Gasteiger partial charge in [0.05, 0.1) is 0 Å². The number of nitrogens with one attached hydrogen (secondary N) is 1. The standard InChI is InChI=1S/C2H4Cl3N3O3S/c3-2(4,5)7-8-6-1-12(9,10)11/h1H2,(H,6,7)(H,9,10,11). The Balaban J connectivity index is 3.81. The van der Waals surface area contributed by atoms with Crippen LogP contribution in [0.25, 0.3) is 0 Å². The van der Waals surface area contributed by atoms with E-state index < -0.39 is 19.9 Å². The molecule has 0 aliphatic heterocycles. The fourth-order valence-electron chi connectivity index (χ4n) is 0.194. The maximum Gasteiger partial charge on any atom is 0.287 e. The Bertz CT molecular complexity index is 256. The van der Waals surface area contributed by atoms with Gasteiger partial charge in [-0.05, 0) is 0 Å². The fourth-order valence-corrected chi connectivity index (χ4v) is 0.511. The van der Waals surface area contributed by atoms with Crippen molar-refractivity contribution in [1.82, 2.24) is 5.43 Å². The second-order valence-corrected chi connectivity index (χ2v) is 5.27. The van der Waals surface area contributed by atoms with E-state index in [-0.39, 0.29) is 0 Å². The zero-order chi connectivity index (χ0) is 9.83. The molecule has 0 unspecified atom stereocenters. The van der Waals surface area contributed by atoms with Crippen LogP contribution in [0.1, 0.15) is 0 Å². The molecule has 0 spiro atoms. The van der Waals surface area contributed by atoms with Gasteiger partial charge in [-0.1, -0.05) is 40.0 Å². The zero-order valence-corrected chi connectivity index (χ0v) is 8.49. The molecule has 2 N–H and O–H groups in total. The highest BCUT2D eigenvalue weighted by molar-refractivity contribution is 7.85. The Hall–Kier alpha value is 0.180. The molecule has 6 nitrogen and oxygen atoms in total. The van der Waals surface area contributed by atoms with E-state index >= 15 is 0 Å². The molecule has 0 rings (SSSR count). The van der Waals surface area contributed by atoms with Crippen LogP contribution in [-0.2, 0) is 10.1 Å². The van der Waals surface area contributed by atoms with Crippen LogP contribution >= 0.6 is 34.8 Å². The first-order chi connectivity index (χ1) is 5.21. The van der Waals surface area contributed by atoms with Gasteiger partial charge in [0.2, 0.25) is 0 Å². The maximum absolute atomic E-state index is 10.0. The molecule has 0 aromatic heterocycles. The van der Waals surface area contributed by atoms with Crippen LogP contribution in [0.3, 0.4) is 0 Å². The Morgan fingerprint density at radius 1 is 1.42 bits per heavy atom. The summed E-state index contributed by atoms with van der Waals surface area (Å²) in [4.78, 5) is 0. The van der Waals surface area contributed by atoms with Crippen LogP contribution in [0.15, 0.2) is 10.3 Å². The Morgan fingerprint density at radius 3 is 2.25 bits per heavy atom. The number of halogens is 3. The Kier molecular flexibility index (Phi) is 4.49. The first-order valence-electron chi connectivity index (χ1n) is 2.36. The number of nitrogens with zero attached hydrogens (tertiary/aromatic N) is 2. The quantitative estimate of drug-likeness (QED) is 0.260. The third-order valence-corrected chi connectivity index (χ3v) is 1.16. The van der Waals surface area contributed by atoms with Crippen molar-refractivity contribution in [3.63, 3.8) is 0 Å². The summed E-state index contributed by atoms with van der Waals surface area (Å²) in [6.07, 6.45) is 0. The number of hydrogen-bond acceptors (Lipinski definition) is 4. The van der Waals surface area contributed by atoms with Gasteiger partial charge in [0.1, 0.15) is 0 Å². The third-order valence-electron chi connectivity index (χ3n) is 0.468. The Labute approximate surface area is 83.6 Å². The van der Waals surface area contributed by atoms with E-state index in [0.29, 0.717) is 0 Å². The Morgan fingerprint density at radius 2 is 1.92 bits per heavy atom. The fraction of sp³-hybridized carbons (Fsp3) is 1.00. The molecule has 0 fully saturated rings. The van der Waals surface area contributed by atoms with Gasteiger partial charge < -0.3 is 0 Å². The summed E-state index contributed by atoms with van der Waals surface area (Å²) in [5.74, 6) is -0.888. The summed E-state index contributed by atoms with van der Waals surface area (Å²) < 4.78 is 26.4. The maximum atomic E-state index is 10.0. The molecule has 0 aliphatic carbocycles. The van der Waals surface area contributed by atoms with E-state index in [1.165, 1.54) is 0 Å².